The van der Waals surface area contributed by atoms with Crippen molar-refractivity contribution in [3.8, 4) is 0 Å². The Hall–Kier alpha value is -3.34. The van der Waals surface area contributed by atoms with Crippen molar-refractivity contribution in [2.45, 2.75) is 33.2 Å². The summed E-state index contributed by atoms with van der Waals surface area (Å²) in [4.78, 5) is 48.3. The van der Waals surface area contributed by atoms with E-state index in [-0.39, 0.29) is 23.9 Å². The normalized spacial score (nSPS) is 16.1. The van der Waals surface area contributed by atoms with Gasteiger partial charge in [-0.15, -0.1) is 0 Å². The second-order valence-electron chi connectivity index (χ2n) is 8.02. The number of carbonyl (C=O) groups is 2. The zero-order chi connectivity index (χ0) is 23.5. The summed E-state index contributed by atoms with van der Waals surface area (Å²) in [6.07, 6.45) is 2.96. The first-order chi connectivity index (χ1) is 15.9. The molecule has 1 saturated heterocycles. The van der Waals surface area contributed by atoms with Gasteiger partial charge in [-0.1, -0.05) is 17.4 Å². The summed E-state index contributed by atoms with van der Waals surface area (Å²) < 4.78 is 15.3. The van der Waals surface area contributed by atoms with E-state index in [2.05, 4.69) is 20.6 Å². The van der Waals surface area contributed by atoms with E-state index in [1.165, 1.54) is 28.3 Å². The Bertz CT molecular complexity index is 1260. The van der Waals surface area contributed by atoms with Crippen LogP contribution in [0.1, 0.15) is 25.3 Å². The second kappa shape index (κ2) is 9.65. The van der Waals surface area contributed by atoms with E-state index in [1.807, 2.05) is 11.8 Å². The van der Waals surface area contributed by atoms with Gasteiger partial charge in [-0.2, -0.15) is 4.98 Å². The monoisotopic (exact) mass is 472 g/mol. The minimum atomic E-state index is -0.466. The van der Waals surface area contributed by atoms with Gasteiger partial charge in [0.15, 0.2) is 10.8 Å². The first-order valence-electron chi connectivity index (χ1n) is 10.8. The van der Waals surface area contributed by atoms with Crippen LogP contribution < -0.4 is 21.1 Å². The molecule has 0 radical (unpaired) electrons. The lowest BCUT2D eigenvalue weighted by molar-refractivity contribution is -0.125. The van der Waals surface area contributed by atoms with Crippen LogP contribution in [0.4, 0.5) is 15.2 Å². The first kappa shape index (κ1) is 22.8. The topological polar surface area (TPSA) is 109 Å². The molecule has 0 saturated carbocycles. The second-order valence-corrected chi connectivity index (χ2v) is 9.00. The highest BCUT2D eigenvalue weighted by Gasteiger charge is 2.27. The highest BCUT2D eigenvalue weighted by molar-refractivity contribution is 7.22. The van der Waals surface area contributed by atoms with E-state index in [1.54, 1.807) is 19.1 Å². The number of nitrogens with one attached hydrogen (secondary N) is 2. The molecule has 1 aromatic carbocycles. The van der Waals surface area contributed by atoms with Crippen LogP contribution in [0, 0.1) is 18.7 Å². The van der Waals surface area contributed by atoms with E-state index in [4.69, 9.17) is 0 Å². The molecule has 4 rings (SSSR count). The lowest BCUT2D eigenvalue weighted by Gasteiger charge is -2.31. The van der Waals surface area contributed by atoms with Gasteiger partial charge in [-0.05, 0) is 44.4 Å². The molecule has 1 aliphatic rings. The van der Waals surface area contributed by atoms with Crippen molar-refractivity contribution in [1.82, 2.24) is 19.9 Å². The summed E-state index contributed by atoms with van der Waals surface area (Å²) in [6, 6.07) is 4.41. The van der Waals surface area contributed by atoms with Gasteiger partial charge < -0.3 is 15.5 Å². The molecule has 11 heteroatoms. The van der Waals surface area contributed by atoms with Crippen LogP contribution in [0.5, 0.6) is 0 Å². The van der Waals surface area contributed by atoms with Crippen molar-refractivity contribution in [3.63, 3.8) is 0 Å². The Kier molecular flexibility index (Phi) is 6.68. The molecule has 0 aliphatic carbocycles. The number of aryl methyl sites for hydroxylation is 1. The average Bonchev–Trinajstić information content (AvgIpc) is 3.24. The highest BCUT2D eigenvalue weighted by atomic mass is 32.1. The average molecular weight is 473 g/mol. The van der Waals surface area contributed by atoms with Crippen LogP contribution >= 0.6 is 11.3 Å². The number of aromatic nitrogens is 3. The maximum absolute atomic E-state index is 13.7. The van der Waals surface area contributed by atoms with Crippen LogP contribution in [0.25, 0.3) is 10.3 Å². The van der Waals surface area contributed by atoms with E-state index in [9.17, 15) is 18.8 Å². The number of amides is 2. The van der Waals surface area contributed by atoms with E-state index < -0.39 is 11.7 Å². The Morgan fingerprint density at radius 2 is 2.15 bits per heavy atom. The molecule has 3 aromatic rings. The maximum Gasteiger partial charge on any atom is 0.273 e. The molecule has 3 heterocycles. The minimum absolute atomic E-state index is 0.0308. The number of fused-ring (bicyclic) bond motifs is 1. The summed E-state index contributed by atoms with van der Waals surface area (Å²) in [6.45, 7) is 5.14. The number of hydrogen-bond donors (Lipinski definition) is 2. The Balaban J connectivity index is 1.50. The summed E-state index contributed by atoms with van der Waals surface area (Å²) in [5.74, 6) is -0.974. The smallest absolute Gasteiger partial charge is 0.273 e. The Labute approximate surface area is 193 Å². The number of rotatable bonds is 6. The summed E-state index contributed by atoms with van der Waals surface area (Å²) >= 11 is 1.21. The fourth-order valence-corrected chi connectivity index (χ4v) is 4.80. The number of halogens is 1. The molecular formula is C22H25FN6O3S. The molecule has 174 valence electrons. The van der Waals surface area contributed by atoms with Gasteiger partial charge in [-0.25, -0.2) is 9.37 Å². The zero-order valence-electron chi connectivity index (χ0n) is 18.4. The molecule has 2 amide bonds. The molecule has 2 aromatic heterocycles. The molecule has 1 unspecified atom stereocenters. The van der Waals surface area contributed by atoms with Crippen LogP contribution in [-0.4, -0.2) is 46.0 Å². The van der Waals surface area contributed by atoms with Gasteiger partial charge >= 0.3 is 0 Å². The lowest BCUT2D eigenvalue weighted by Crippen LogP contribution is -2.43. The third-order valence-electron chi connectivity index (χ3n) is 5.56. The number of benzene rings is 1. The third kappa shape index (κ3) is 5.03. The fraction of sp³-hybridized carbons (Fsp3) is 0.409. The van der Waals surface area contributed by atoms with Gasteiger partial charge in [-0.3, -0.25) is 19.0 Å². The van der Waals surface area contributed by atoms with Crippen LogP contribution in [0.3, 0.4) is 0 Å². The Morgan fingerprint density at radius 3 is 2.91 bits per heavy atom. The zero-order valence-corrected chi connectivity index (χ0v) is 19.2. The summed E-state index contributed by atoms with van der Waals surface area (Å²) in [7, 11) is 0. The van der Waals surface area contributed by atoms with Gasteiger partial charge in [0.1, 0.15) is 23.4 Å². The van der Waals surface area contributed by atoms with Crippen LogP contribution in [0.15, 0.2) is 29.3 Å². The predicted molar refractivity (Wildman–Crippen MR) is 125 cm³/mol. The molecule has 1 fully saturated rings. The van der Waals surface area contributed by atoms with Gasteiger partial charge in [0.25, 0.3) is 5.56 Å². The molecular weight excluding hydrogens is 447 g/mol. The number of hydrogen-bond acceptors (Lipinski definition) is 7. The Morgan fingerprint density at radius 1 is 1.33 bits per heavy atom. The predicted octanol–water partition coefficient (Wildman–Crippen LogP) is 2.29. The highest BCUT2D eigenvalue weighted by Crippen LogP contribution is 2.29. The third-order valence-corrected chi connectivity index (χ3v) is 6.65. The number of anilines is 2. The van der Waals surface area contributed by atoms with Crippen LogP contribution in [0.2, 0.25) is 0 Å². The molecule has 1 atom stereocenters. The maximum atomic E-state index is 13.7. The SMILES string of the molecule is CCNC(=O)C1CCCN(c2nc3ncn(CC(=O)Nc4ccc(C)c(F)c4)c(=O)c3s2)C1. The van der Waals surface area contributed by atoms with Gasteiger partial charge in [0.05, 0.1) is 5.92 Å². The molecule has 9 nitrogen and oxygen atoms in total. The molecule has 2 N–H and O–H groups in total. The van der Waals surface area contributed by atoms with Gasteiger partial charge in [0, 0.05) is 25.3 Å². The number of thiazole rings is 1. The summed E-state index contributed by atoms with van der Waals surface area (Å²) in [5.41, 5.74) is 0.742. The van der Waals surface area contributed by atoms with E-state index in [0.717, 1.165) is 19.4 Å². The fourth-order valence-electron chi connectivity index (χ4n) is 3.79. The number of carbonyl (C=O) groups excluding carboxylic acids is 2. The largest absolute Gasteiger partial charge is 0.356 e. The van der Waals surface area contributed by atoms with E-state index >= 15 is 0 Å². The standard InChI is InChI=1S/C22H25FN6O3S/c1-3-24-20(31)14-5-4-8-28(10-14)22-27-19-18(33-22)21(32)29(12-25-19)11-17(30)26-15-7-6-13(2)16(23)9-15/h6-7,9,12,14H,3-5,8,10-11H2,1-2H3,(H,24,31)(H,26,30). The van der Waals surface area contributed by atoms with Crippen molar-refractivity contribution in [1.29, 1.82) is 0 Å². The first-order valence-corrected chi connectivity index (χ1v) is 11.6. The molecule has 0 bridgehead atoms. The van der Waals surface area contributed by atoms with E-state index in [0.29, 0.717) is 39.8 Å². The van der Waals surface area contributed by atoms with Crippen LogP contribution in [-0.2, 0) is 16.1 Å². The quantitative estimate of drug-likeness (QED) is 0.570. The van der Waals surface area contributed by atoms with Crippen molar-refractivity contribution >= 4 is 44.3 Å². The summed E-state index contributed by atoms with van der Waals surface area (Å²) in [5, 5.41) is 6.10. The lowest BCUT2D eigenvalue weighted by atomic mass is 9.97. The van der Waals surface area contributed by atoms with Crippen molar-refractivity contribution in [3.05, 3.63) is 46.3 Å². The molecule has 33 heavy (non-hydrogen) atoms. The number of piperidine rings is 1. The minimum Gasteiger partial charge on any atom is -0.356 e. The molecule has 0 spiro atoms. The van der Waals surface area contributed by atoms with Gasteiger partial charge in [0.2, 0.25) is 11.8 Å². The number of nitrogens with zero attached hydrogens (tertiary/aromatic N) is 4. The van der Waals surface area contributed by atoms with Crippen molar-refractivity contribution in [2.75, 3.05) is 29.9 Å². The molecule has 1 aliphatic heterocycles. The van der Waals surface area contributed by atoms with Crippen molar-refractivity contribution in [2.24, 2.45) is 5.92 Å². The van der Waals surface area contributed by atoms with Crippen molar-refractivity contribution < 1.29 is 14.0 Å².